The minimum atomic E-state index is -0.990. The molecule has 0 atom stereocenters. The smallest absolute Gasteiger partial charge is 0.0855 e. The van der Waals surface area contributed by atoms with Gasteiger partial charge in [0, 0.05) is 75.2 Å². The van der Waals surface area contributed by atoms with Gasteiger partial charge in [0.15, 0.2) is 0 Å². The second-order valence-corrected chi connectivity index (χ2v) is 5.08. The molecule has 0 unspecified atom stereocenters. The number of hydrogen-bond donors (Lipinski definition) is 0. The standard InChI is InChI=1S/C13H10OS.C2H6.CH3.2Y/c14-15-12-7-3-1-5-10(12)9-11-6-2-4-8-13(11)15;1-2;;;/h1-8H,9H2;1-2H3;1H3;;/q;;-1;;. The van der Waals surface area contributed by atoms with E-state index in [9.17, 15) is 4.21 Å². The van der Waals surface area contributed by atoms with Crippen LogP contribution in [0.3, 0.4) is 0 Å². The van der Waals surface area contributed by atoms with E-state index < -0.39 is 10.8 Å². The van der Waals surface area contributed by atoms with Gasteiger partial charge in [-0.05, 0) is 29.7 Å². The molecule has 1 aliphatic rings. The third kappa shape index (κ3) is 4.92. The second kappa shape index (κ2) is 11.4. The zero-order valence-electron chi connectivity index (χ0n) is 12.3. The Hall–Kier alpha value is 0.798. The molecule has 0 amide bonds. The average molecular weight is 437 g/mol. The van der Waals surface area contributed by atoms with Gasteiger partial charge in [0.05, 0.1) is 10.8 Å². The van der Waals surface area contributed by atoms with Gasteiger partial charge in [-0.1, -0.05) is 50.2 Å². The summed E-state index contributed by atoms with van der Waals surface area (Å²) in [4.78, 5) is 1.94. The van der Waals surface area contributed by atoms with E-state index >= 15 is 0 Å². The van der Waals surface area contributed by atoms with Gasteiger partial charge in [-0.15, -0.1) is 0 Å². The van der Waals surface area contributed by atoms with Crippen molar-refractivity contribution in [3.63, 3.8) is 0 Å². The van der Waals surface area contributed by atoms with E-state index in [2.05, 4.69) is 12.1 Å². The first kappa shape index (κ1) is 23.1. The van der Waals surface area contributed by atoms with Crippen LogP contribution in [0.2, 0.25) is 0 Å². The maximum Gasteiger partial charge on any atom is 0.0855 e. The van der Waals surface area contributed by atoms with Crippen molar-refractivity contribution in [3.8, 4) is 0 Å². The third-order valence-electron chi connectivity index (χ3n) is 2.73. The Balaban J connectivity index is 0. The van der Waals surface area contributed by atoms with Crippen LogP contribution in [-0.4, -0.2) is 4.21 Å². The molecule has 2 aromatic carbocycles. The van der Waals surface area contributed by atoms with E-state index in [0.717, 1.165) is 16.2 Å². The average Bonchev–Trinajstić information content (AvgIpc) is 2.41. The fourth-order valence-corrected chi connectivity index (χ4v) is 3.38. The van der Waals surface area contributed by atoms with Gasteiger partial charge < -0.3 is 7.43 Å². The Morgan fingerprint density at radius 2 is 1.15 bits per heavy atom. The fourth-order valence-electron chi connectivity index (χ4n) is 1.99. The Kier molecular flexibility index (Phi) is 13.1. The predicted octanol–water partition coefficient (Wildman–Crippen LogP) is 4.23. The summed E-state index contributed by atoms with van der Waals surface area (Å²) in [6.07, 6.45) is 0.901. The van der Waals surface area contributed by atoms with Crippen LogP contribution in [0.15, 0.2) is 58.3 Å². The van der Waals surface area contributed by atoms with Gasteiger partial charge in [-0.3, -0.25) is 0 Å². The Labute approximate surface area is 175 Å². The first-order valence-electron chi connectivity index (χ1n) is 5.94. The minimum absolute atomic E-state index is 0. The van der Waals surface area contributed by atoms with Gasteiger partial charge >= 0.3 is 0 Å². The summed E-state index contributed by atoms with van der Waals surface area (Å²) in [5, 5.41) is 0. The molecule has 2 radical (unpaired) electrons. The molecule has 4 heteroatoms. The molecule has 0 aromatic heterocycles. The van der Waals surface area contributed by atoms with Crippen LogP contribution >= 0.6 is 0 Å². The molecule has 3 rings (SSSR count). The zero-order valence-corrected chi connectivity index (χ0v) is 18.8. The summed E-state index contributed by atoms with van der Waals surface area (Å²) >= 11 is 0. The van der Waals surface area contributed by atoms with Crippen LogP contribution in [0, 0.1) is 7.43 Å². The van der Waals surface area contributed by atoms with Gasteiger partial charge in [0.1, 0.15) is 0 Å². The maximum absolute atomic E-state index is 12.2. The van der Waals surface area contributed by atoms with Gasteiger partial charge in [0.25, 0.3) is 0 Å². The fraction of sp³-hybridized carbons (Fsp3) is 0.188. The molecule has 1 heterocycles. The van der Waals surface area contributed by atoms with Crippen molar-refractivity contribution in [1.82, 2.24) is 0 Å². The molecule has 0 spiro atoms. The Bertz CT molecular complexity index is 508. The van der Waals surface area contributed by atoms with Crippen LogP contribution in [-0.2, 0) is 82.6 Å². The van der Waals surface area contributed by atoms with Crippen LogP contribution in [0.1, 0.15) is 25.0 Å². The van der Waals surface area contributed by atoms with Crippen molar-refractivity contribution in [3.05, 3.63) is 67.1 Å². The summed E-state index contributed by atoms with van der Waals surface area (Å²) in [5.41, 5.74) is 2.38. The maximum atomic E-state index is 12.2. The summed E-state index contributed by atoms with van der Waals surface area (Å²) in [7, 11) is -0.990. The van der Waals surface area contributed by atoms with E-state index in [-0.39, 0.29) is 72.8 Å². The molecular weight excluding hydrogens is 418 g/mol. The van der Waals surface area contributed by atoms with Crippen molar-refractivity contribution < 1.29 is 69.6 Å². The van der Waals surface area contributed by atoms with Crippen molar-refractivity contribution in [2.75, 3.05) is 0 Å². The van der Waals surface area contributed by atoms with Crippen molar-refractivity contribution in [1.29, 1.82) is 0 Å². The SMILES string of the molecule is CC.O=S1c2ccccc2Cc2ccccc21.[CH3-].[Y].[Y]. The summed E-state index contributed by atoms with van der Waals surface area (Å²) in [5.74, 6) is 0. The largest absolute Gasteiger partial charge is 0.358 e. The third-order valence-corrected chi connectivity index (χ3v) is 4.32. The Morgan fingerprint density at radius 3 is 1.55 bits per heavy atom. The molecule has 102 valence electrons. The predicted molar refractivity (Wildman–Crippen MR) is 78.1 cm³/mol. The van der Waals surface area contributed by atoms with E-state index in [1.54, 1.807) is 0 Å². The normalized spacial score (nSPS) is 11.1. The molecule has 2 aromatic rings. The van der Waals surface area contributed by atoms with Crippen molar-refractivity contribution in [2.45, 2.75) is 30.1 Å². The zero-order chi connectivity index (χ0) is 12.3. The molecule has 0 fully saturated rings. The molecular formula is C16H19OSY2-. The van der Waals surface area contributed by atoms with E-state index in [1.165, 1.54) is 11.1 Å². The summed E-state index contributed by atoms with van der Waals surface area (Å²) < 4.78 is 12.2. The first-order valence-corrected chi connectivity index (χ1v) is 7.09. The van der Waals surface area contributed by atoms with E-state index in [1.807, 2.05) is 50.2 Å². The molecule has 0 bridgehead atoms. The van der Waals surface area contributed by atoms with Crippen LogP contribution in [0.4, 0.5) is 0 Å². The quantitative estimate of drug-likeness (QED) is 0.482. The molecule has 20 heavy (non-hydrogen) atoms. The monoisotopic (exact) mass is 437 g/mol. The molecule has 0 aliphatic carbocycles. The molecule has 0 N–H and O–H groups in total. The second-order valence-electron chi connectivity index (χ2n) is 3.66. The van der Waals surface area contributed by atoms with Crippen LogP contribution in [0.25, 0.3) is 0 Å². The van der Waals surface area contributed by atoms with E-state index in [0.29, 0.717) is 0 Å². The first-order chi connectivity index (χ1) is 8.36. The van der Waals surface area contributed by atoms with Crippen molar-refractivity contribution in [2.24, 2.45) is 0 Å². The number of benzene rings is 2. The topological polar surface area (TPSA) is 17.1 Å². The van der Waals surface area contributed by atoms with Gasteiger partial charge in [-0.2, -0.15) is 0 Å². The van der Waals surface area contributed by atoms with Crippen molar-refractivity contribution >= 4 is 10.8 Å². The summed E-state index contributed by atoms with van der Waals surface area (Å²) in [6.45, 7) is 4.00. The van der Waals surface area contributed by atoms with Gasteiger partial charge in [-0.25, -0.2) is 4.21 Å². The van der Waals surface area contributed by atoms with Gasteiger partial charge in [0.2, 0.25) is 0 Å². The number of fused-ring (bicyclic) bond motifs is 2. The molecule has 0 saturated heterocycles. The molecule has 1 aliphatic heterocycles. The van der Waals surface area contributed by atoms with Crippen LogP contribution < -0.4 is 0 Å². The minimum Gasteiger partial charge on any atom is -0.358 e. The molecule has 0 saturated carbocycles. The molecule has 1 nitrogen and oxygen atoms in total. The number of rotatable bonds is 0. The Morgan fingerprint density at radius 1 is 0.800 bits per heavy atom. The summed E-state index contributed by atoms with van der Waals surface area (Å²) in [6, 6.07) is 15.9. The van der Waals surface area contributed by atoms with E-state index in [4.69, 9.17) is 0 Å². The van der Waals surface area contributed by atoms with Crippen LogP contribution in [0.5, 0.6) is 0 Å². The number of hydrogen-bond acceptors (Lipinski definition) is 1.